The number of methoxy groups -OCH3 is 1. The van der Waals surface area contributed by atoms with E-state index in [0.29, 0.717) is 18.3 Å². The van der Waals surface area contributed by atoms with Gasteiger partial charge >= 0.3 is 11.8 Å². The number of rotatable bonds is 6. The Morgan fingerprint density at radius 3 is 2.74 bits per heavy atom. The van der Waals surface area contributed by atoms with Gasteiger partial charge < -0.3 is 15.4 Å². The first kappa shape index (κ1) is 17.3. The van der Waals surface area contributed by atoms with Crippen LogP contribution in [-0.2, 0) is 16.1 Å². The van der Waals surface area contributed by atoms with Gasteiger partial charge in [-0.25, -0.2) is 0 Å². The van der Waals surface area contributed by atoms with Crippen molar-refractivity contribution in [3.05, 3.63) is 29.8 Å². The van der Waals surface area contributed by atoms with Gasteiger partial charge in [-0.05, 0) is 32.0 Å². The van der Waals surface area contributed by atoms with Gasteiger partial charge in [0.2, 0.25) is 0 Å². The molecule has 0 unspecified atom stereocenters. The molecule has 1 aliphatic heterocycles. The third-order valence-electron chi connectivity index (χ3n) is 4.24. The molecule has 1 aromatic carbocycles. The van der Waals surface area contributed by atoms with Gasteiger partial charge in [0, 0.05) is 24.7 Å². The van der Waals surface area contributed by atoms with E-state index in [1.807, 2.05) is 24.3 Å². The Labute approximate surface area is 137 Å². The van der Waals surface area contributed by atoms with Gasteiger partial charge in [0.05, 0.1) is 7.11 Å². The topological polar surface area (TPSA) is 70.7 Å². The maximum absolute atomic E-state index is 11.9. The number of para-hydroxylation sites is 1. The fraction of sp³-hybridized carbons (Fsp3) is 0.529. The summed E-state index contributed by atoms with van der Waals surface area (Å²) in [7, 11) is 1.58. The monoisotopic (exact) mass is 319 g/mol. The molecular weight excluding hydrogens is 294 g/mol. The highest BCUT2D eigenvalue weighted by molar-refractivity contribution is 6.35. The summed E-state index contributed by atoms with van der Waals surface area (Å²) in [6, 6.07) is 7.74. The molecule has 1 saturated heterocycles. The fourth-order valence-corrected chi connectivity index (χ4v) is 2.94. The van der Waals surface area contributed by atoms with Crippen molar-refractivity contribution in [3.8, 4) is 5.75 Å². The van der Waals surface area contributed by atoms with Gasteiger partial charge in [0.15, 0.2) is 0 Å². The minimum atomic E-state index is -0.614. The van der Waals surface area contributed by atoms with Crippen LogP contribution in [0.15, 0.2) is 24.3 Å². The summed E-state index contributed by atoms with van der Waals surface area (Å²) in [6.45, 7) is 4.94. The molecule has 6 nitrogen and oxygen atoms in total. The zero-order chi connectivity index (χ0) is 16.7. The lowest BCUT2D eigenvalue weighted by molar-refractivity contribution is -0.139. The third kappa shape index (κ3) is 4.69. The average Bonchev–Trinajstić information content (AvgIpc) is 3.05. The lowest BCUT2D eigenvalue weighted by Gasteiger charge is -2.22. The normalized spacial score (nSPS) is 17.7. The number of amides is 2. The standard InChI is InChI=1S/C17H25N3O3/c1-3-20-10-6-8-14(20)12-19-17(22)16(21)18-11-13-7-4-5-9-15(13)23-2/h4-5,7,9,14H,3,6,8,10-12H2,1-2H3,(H,18,21)(H,19,22)/t14-/m1/s1. The molecule has 1 atom stereocenters. The zero-order valence-electron chi connectivity index (χ0n) is 13.8. The number of hydrogen-bond acceptors (Lipinski definition) is 4. The van der Waals surface area contributed by atoms with Gasteiger partial charge in [0.1, 0.15) is 5.75 Å². The molecule has 0 saturated carbocycles. The van der Waals surface area contributed by atoms with Crippen molar-refractivity contribution in [1.82, 2.24) is 15.5 Å². The maximum atomic E-state index is 11.9. The van der Waals surface area contributed by atoms with Crippen LogP contribution in [0.25, 0.3) is 0 Å². The van der Waals surface area contributed by atoms with Crippen LogP contribution < -0.4 is 15.4 Å². The van der Waals surface area contributed by atoms with Crippen LogP contribution in [0.4, 0.5) is 0 Å². The number of nitrogens with one attached hydrogen (secondary N) is 2. The van der Waals surface area contributed by atoms with Crippen molar-refractivity contribution in [1.29, 1.82) is 0 Å². The Morgan fingerprint density at radius 1 is 1.26 bits per heavy atom. The van der Waals surface area contributed by atoms with Crippen molar-refractivity contribution in [2.75, 3.05) is 26.7 Å². The molecule has 1 aromatic rings. The molecule has 0 aliphatic carbocycles. The molecule has 0 aromatic heterocycles. The Morgan fingerprint density at radius 2 is 2.00 bits per heavy atom. The van der Waals surface area contributed by atoms with Crippen LogP contribution in [0.3, 0.4) is 0 Å². The number of ether oxygens (including phenoxy) is 1. The Balaban J connectivity index is 1.78. The second kappa shape index (κ2) is 8.53. The molecule has 0 spiro atoms. The highest BCUT2D eigenvalue weighted by Gasteiger charge is 2.24. The molecule has 126 valence electrons. The lowest BCUT2D eigenvalue weighted by atomic mass is 10.2. The van der Waals surface area contributed by atoms with E-state index in [-0.39, 0.29) is 6.54 Å². The second-order valence-corrected chi connectivity index (χ2v) is 5.63. The minimum absolute atomic E-state index is 0.265. The van der Waals surface area contributed by atoms with E-state index in [1.54, 1.807) is 7.11 Å². The number of carbonyl (C=O) groups excluding carboxylic acids is 2. The Hall–Kier alpha value is -2.08. The minimum Gasteiger partial charge on any atom is -0.496 e. The van der Waals surface area contributed by atoms with E-state index < -0.39 is 11.8 Å². The molecule has 0 radical (unpaired) electrons. The van der Waals surface area contributed by atoms with Crippen LogP contribution in [0.2, 0.25) is 0 Å². The molecule has 2 rings (SSSR count). The molecule has 1 fully saturated rings. The summed E-state index contributed by atoms with van der Waals surface area (Å²) in [5.41, 5.74) is 0.837. The van der Waals surface area contributed by atoms with Crippen molar-refractivity contribution >= 4 is 11.8 Å². The zero-order valence-corrected chi connectivity index (χ0v) is 13.8. The molecule has 2 N–H and O–H groups in total. The van der Waals surface area contributed by atoms with Crippen LogP contribution >= 0.6 is 0 Å². The quantitative estimate of drug-likeness (QED) is 0.765. The number of nitrogens with zero attached hydrogens (tertiary/aromatic N) is 1. The van der Waals surface area contributed by atoms with E-state index in [0.717, 1.165) is 31.5 Å². The second-order valence-electron chi connectivity index (χ2n) is 5.63. The molecule has 2 amide bonds. The van der Waals surface area contributed by atoms with Gasteiger partial charge in [-0.2, -0.15) is 0 Å². The first-order valence-electron chi connectivity index (χ1n) is 8.07. The highest BCUT2D eigenvalue weighted by Crippen LogP contribution is 2.17. The lowest BCUT2D eigenvalue weighted by Crippen LogP contribution is -2.45. The van der Waals surface area contributed by atoms with Crippen molar-refractivity contribution in [2.24, 2.45) is 0 Å². The fourth-order valence-electron chi connectivity index (χ4n) is 2.94. The van der Waals surface area contributed by atoms with E-state index in [9.17, 15) is 9.59 Å². The predicted octanol–water partition coefficient (Wildman–Crippen LogP) is 0.912. The van der Waals surface area contributed by atoms with Crippen LogP contribution in [0, 0.1) is 0 Å². The highest BCUT2D eigenvalue weighted by atomic mass is 16.5. The van der Waals surface area contributed by atoms with Crippen molar-refractivity contribution in [2.45, 2.75) is 32.4 Å². The molecule has 1 heterocycles. The third-order valence-corrected chi connectivity index (χ3v) is 4.24. The number of likely N-dealkylation sites (tertiary alicyclic amines) is 1. The molecule has 6 heteroatoms. The van der Waals surface area contributed by atoms with Gasteiger partial charge in [-0.15, -0.1) is 0 Å². The first-order chi connectivity index (χ1) is 11.2. The first-order valence-corrected chi connectivity index (χ1v) is 8.07. The smallest absolute Gasteiger partial charge is 0.309 e. The number of likely N-dealkylation sites (N-methyl/N-ethyl adjacent to an activating group) is 1. The Bertz CT molecular complexity index is 548. The SMILES string of the molecule is CCN1CCC[C@@H]1CNC(=O)C(=O)NCc1ccccc1OC. The van der Waals surface area contributed by atoms with Gasteiger partial charge in [-0.3, -0.25) is 14.5 Å². The summed E-state index contributed by atoms with van der Waals surface area (Å²) >= 11 is 0. The van der Waals surface area contributed by atoms with Crippen molar-refractivity contribution in [3.63, 3.8) is 0 Å². The van der Waals surface area contributed by atoms with Crippen LogP contribution in [0.5, 0.6) is 5.75 Å². The molecule has 23 heavy (non-hydrogen) atoms. The molecular formula is C17H25N3O3. The van der Waals surface area contributed by atoms with E-state index in [4.69, 9.17) is 4.74 Å². The summed E-state index contributed by atoms with van der Waals surface area (Å²) in [5, 5.41) is 5.36. The number of benzene rings is 1. The van der Waals surface area contributed by atoms with Crippen LogP contribution in [-0.4, -0.2) is 49.5 Å². The number of hydrogen-bond donors (Lipinski definition) is 2. The maximum Gasteiger partial charge on any atom is 0.309 e. The largest absolute Gasteiger partial charge is 0.496 e. The summed E-state index contributed by atoms with van der Waals surface area (Å²) < 4.78 is 5.22. The summed E-state index contributed by atoms with van der Waals surface area (Å²) in [5.74, 6) is -0.502. The van der Waals surface area contributed by atoms with E-state index >= 15 is 0 Å². The molecule has 1 aliphatic rings. The summed E-state index contributed by atoms with van der Waals surface area (Å²) in [6.07, 6.45) is 2.21. The average molecular weight is 319 g/mol. The van der Waals surface area contributed by atoms with Gasteiger partial charge in [-0.1, -0.05) is 25.1 Å². The summed E-state index contributed by atoms with van der Waals surface area (Å²) in [4.78, 5) is 26.1. The van der Waals surface area contributed by atoms with Crippen molar-refractivity contribution < 1.29 is 14.3 Å². The number of carbonyl (C=O) groups is 2. The van der Waals surface area contributed by atoms with Gasteiger partial charge in [0.25, 0.3) is 0 Å². The Kier molecular flexibility index (Phi) is 6.40. The van der Waals surface area contributed by atoms with E-state index in [2.05, 4.69) is 22.5 Å². The van der Waals surface area contributed by atoms with Crippen LogP contribution in [0.1, 0.15) is 25.3 Å². The predicted molar refractivity (Wildman–Crippen MR) is 88.1 cm³/mol. The molecule has 0 bridgehead atoms. The van der Waals surface area contributed by atoms with E-state index in [1.165, 1.54) is 0 Å².